The van der Waals surface area contributed by atoms with Crippen molar-refractivity contribution < 1.29 is 26.4 Å². The second kappa shape index (κ2) is 8.56. The monoisotopic (exact) mass is 464 g/mol. The first-order valence-corrected chi connectivity index (χ1v) is 10.9. The smallest absolute Gasteiger partial charge is 0.340 e. The SMILES string of the molecule is Cn1cc(CCC(=O)N2CCN(S(=O)(=O)c3ccc(Cl)c(C(F)(F)F)c3)CC2)cn1. The summed E-state index contributed by atoms with van der Waals surface area (Å²) in [7, 11) is -2.36. The first kappa shape index (κ1) is 22.6. The van der Waals surface area contributed by atoms with E-state index in [1.807, 2.05) is 6.20 Å². The lowest BCUT2D eigenvalue weighted by molar-refractivity contribution is -0.137. The van der Waals surface area contributed by atoms with E-state index >= 15 is 0 Å². The highest BCUT2D eigenvalue weighted by molar-refractivity contribution is 7.89. The number of amides is 1. The number of piperazine rings is 1. The molecule has 1 fully saturated rings. The summed E-state index contributed by atoms with van der Waals surface area (Å²) in [5.74, 6) is -0.109. The third-order valence-electron chi connectivity index (χ3n) is 4.86. The van der Waals surface area contributed by atoms with Crippen LogP contribution in [0.2, 0.25) is 5.02 Å². The van der Waals surface area contributed by atoms with Crippen LogP contribution in [0.25, 0.3) is 0 Å². The Balaban J connectivity index is 1.63. The number of benzene rings is 1. The number of carbonyl (C=O) groups is 1. The van der Waals surface area contributed by atoms with Gasteiger partial charge in [0.05, 0.1) is 21.7 Å². The first-order chi connectivity index (χ1) is 14.0. The van der Waals surface area contributed by atoms with Gasteiger partial charge in [-0.05, 0) is 30.2 Å². The molecule has 0 unspecified atom stereocenters. The molecule has 3 rings (SSSR count). The predicted octanol–water partition coefficient (Wildman–Crippen LogP) is 2.56. The maximum Gasteiger partial charge on any atom is 0.417 e. The molecule has 0 radical (unpaired) electrons. The molecule has 0 N–H and O–H groups in total. The van der Waals surface area contributed by atoms with Gasteiger partial charge in [0.1, 0.15) is 0 Å². The highest BCUT2D eigenvalue weighted by Gasteiger charge is 2.36. The van der Waals surface area contributed by atoms with Crippen molar-refractivity contribution in [2.75, 3.05) is 26.2 Å². The minimum Gasteiger partial charge on any atom is -0.340 e. The Morgan fingerprint density at radius 2 is 1.87 bits per heavy atom. The molecule has 0 aliphatic carbocycles. The van der Waals surface area contributed by atoms with Crippen molar-refractivity contribution in [3.05, 3.63) is 46.7 Å². The summed E-state index contributed by atoms with van der Waals surface area (Å²) in [4.78, 5) is 13.5. The van der Waals surface area contributed by atoms with E-state index in [2.05, 4.69) is 5.10 Å². The lowest BCUT2D eigenvalue weighted by atomic mass is 10.2. The van der Waals surface area contributed by atoms with Crippen molar-refractivity contribution in [3.63, 3.8) is 0 Å². The summed E-state index contributed by atoms with van der Waals surface area (Å²) < 4.78 is 67.4. The molecule has 7 nitrogen and oxygen atoms in total. The molecule has 2 heterocycles. The lowest BCUT2D eigenvalue weighted by Crippen LogP contribution is -2.50. The number of hydrogen-bond donors (Lipinski definition) is 0. The third-order valence-corrected chi connectivity index (χ3v) is 7.08. The number of rotatable bonds is 5. The number of carbonyl (C=O) groups excluding carboxylic acids is 1. The summed E-state index contributed by atoms with van der Waals surface area (Å²) in [5, 5.41) is 3.47. The first-order valence-electron chi connectivity index (χ1n) is 9.10. The van der Waals surface area contributed by atoms with Crippen LogP contribution >= 0.6 is 11.6 Å². The lowest BCUT2D eigenvalue weighted by Gasteiger charge is -2.34. The van der Waals surface area contributed by atoms with Gasteiger partial charge in [-0.2, -0.15) is 22.6 Å². The molecular weight excluding hydrogens is 445 g/mol. The van der Waals surface area contributed by atoms with Crippen LogP contribution in [0.3, 0.4) is 0 Å². The van der Waals surface area contributed by atoms with Gasteiger partial charge in [-0.25, -0.2) is 8.42 Å². The Morgan fingerprint density at radius 1 is 1.20 bits per heavy atom. The molecule has 1 aromatic carbocycles. The number of alkyl halides is 3. The highest BCUT2D eigenvalue weighted by atomic mass is 35.5. The molecule has 2 aromatic rings. The van der Waals surface area contributed by atoms with Gasteiger partial charge >= 0.3 is 6.18 Å². The fraction of sp³-hybridized carbons (Fsp3) is 0.444. The van der Waals surface area contributed by atoms with E-state index in [4.69, 9.17) is 11.6 Å². The van der Waals surface area contributed by atoms with Crippen molar-refractivity contribution in [3.8, 4) is 0 Å². The number of halogens is 4. The highest BCUT2D eigenvalue weighted by Crippen LogP contribution is 2.36. The fourth-order valence-corrected chi connectivity index (χ4v) is 4.89. The van der Waals surface area contributed by atoms with Gasteiger partial charge in [0.2, 0.25) is 15.9 Å². The molecule has 1 saturated heterocycles. The number of sulfonamides is 1. The van der Waals surface area contributed by atoms with Crippen molar-refractivity contribution in [2.45, 2.75) is 23.9 Å². The van der Waals surface area contributed by atoms with Gasteiger partial charge < -0.3 is 4.90 Å². The molecule has 164 valence electrons. The minimum atomic E-state index is -4.76. The van der Waals surface area contributed by atoms with Gasteiger partial charge in [0.15, 0.2) is 0 Å². The Hall–Kier alpha value is -2.11. The average molecular weight is 465 g/mol. The maximum absolute atomic E-state index is 13.1. The average Bonchev–Trinajstić information content (AvgIpc) is 3.10. The van der Waals surface area contributed by atoms with Crippen molar-refractivity contribution in [1.29, 1.82) is 0 Å². The van der Waals surface area contributed by atoms with Crippen LogP contribution in [0.15, 0.2) is 35.5 Å². The maximum atomic E-state index is 13.1. The summed E-state index contributed by atoms with van der Waals surface area (Å²) >= 11 is 5.57. The van der Waals surface area contributed by atoms with Crippen molar-refractivity contribution in [1.82, 2.24) is 19.0 Å². The van der Waals surface area contributed by atoms with Gasteiger partial charge in [0, 0.05) is 45.8 Å². The van der Waals surface area contributed by atoms with Crippen molar-refractivity contribution in [2.24, 2.45) is 7.05 Å². The second-order valence-electron chi connectivity index (χ2n) is 6.95. The molecule has 1 aliphatic rings. The van der Waals surface area contributed by atoms with Gasteiger partial charge in [-0.15, -0.1) is 0 Å². The number of nitrogens with zero attached hydrogens (tertiary/aromatic N) is 4. The van der Waals surface area contributed by atoms with Gasteiger partial charge in [-0.1, -0.05) is 11.6 Å². The van der Waals surface area contributed by atoms with Crippen LogP contribution in [0.5, 0.6) is 0 Å². The molecule has 1 amide bonds. The van der Waals surface area contributed by atoms with Gasteiger partial charge in [-0.3, -0.25) is 9.48 Å². The quantitative estimate of drug-likeness (QED) is 0.681. The number of hydrogen-bond acceptors (Lipinski definition) is 4. The van der Waals surface area contributed by atoms with Crippen LogP contribution in [-0.4, -0.2) is 59.5 Å². The summed E-state index contributed by atoms with van der Waals surface area (Å²) in [6.45, 7) is 0.353. The van der Waals surface area contributed by atoms with E-state index in [0.717, 1.165) is 22.0 Å². The fourth-order valence-electron chi connectivity index (χ4n) is 3.22. The topological polar surface area (TPSA) is 75.5 Å². The Labute approximate surface area is 177 Å². The Kier molecular flexibility index (Phi) is 6.44. The molecule has 30 heavy (non-hydrogen) atoms. The van der Waals surface area contributed by atoms with E-state index in [1.165, 1.54) is 0 Å². The van der Waals surface area contributed by atoms with E-state index in [1.54, 1.807) is 22.8 Å². The van der Waals surface area contributed by atoms with Crippen LogP contribution in [-0.2, 0) is 34.5 Å². The molecule has 1 aliphatic heterocycles. The zero-order valence-electron chi connectivity index (χ0n) is 16.1. The zero-order chi connectivity index (χ0) is 22.1. The predicted molar refractivity (Wildman–Crippen MR) is 103 cm³/mol. The third kappa shape index (κ3) is 4.96. The molecule has 1 aromatic heterocycles. The Morgan fingerprint density at radius 3 is 2.43 bits per heavy atom. The summed E-state index contributed by atoms with van der Waals surface area (Å²) in [6, 6.07) is 2.52. The van der Waals surface area contributed by atoms with Crippen molar-refractivity contribution >= 4 is 27.5 Å². The van der Waals surface area contributed by atoms with Crippen LogP contribution < -0.4 is 0 Å². The summed E-state index contributed by atoms with van der Waals surface area (Å²) in [6.07, 6.45) is -0.471. The normalized spacial score (nSPS) is 16.1. The molecule has 0 saturated carbocycles. The van der Waals surface area contributed by atoms with E-state index in [9.17, 15) is 26.4 Å². The van der Waals surface area contributed by atoms with E-state index in [0.29, 0.717) is 12.5 Å². The molecular formula is C18H20ClF3N4O3S. The Bertz CT molecular complexity index is 1030. The minimum absolute atomic E-state index is 0.00490. The molecule has 0 atom stereocenters. The largest absolute Gasteiger partial charge is 0.417 e. The van der Waals surface area contributed by atoms with E-state index < -0.39 is 31.7 Å². The zero-order valence-corrected chi connectivity index (χ0v) is 17.6. The van der Waals surface area contributed by atoms with Crippen LogP contribution in [0.4, 0.5) is 13.2 Å². The van der Waals surface area contributed by atoms with Crippen LogP contribution in [0.1, 0.15) is 17.5 Å². The van der Waals surface area contributed by atoms with Gasteiger partial charge in [0.25, 0.3) is 0 Å². The summed E-state index contributed by atoms with van der Waals surface area (Å²) in [5.41, 5.74) is -0.273. The second-order valence-corrected chi connectivity index (χ2v) is 9.29. The number of aryl methyl sites for hydroxylation is 2. The molecule has 0 bridgehead atoms. The standard InChI is InChI=1S/C18H20ClF3N4O3S/c1-24-12-13(11-23-24)2-5-17(27)25-6-8-26(9-7-25)30(28,29)14-3-4-16(19)15(10-14)18(20,21)22/h3-4,10-12H,2,5-9H2,1H3. The molecule has 0 spiro atoms. The number of aromatic nitrogens is 2. The van der Waals surface area contributed by atoms with E-state index in [-0.39, 0.29) is 38.5 Å². The van der Waals surface area contributed by atoms with Crippen LogP contribution in [0, 0.1) is 0 Å². The molecule has 12 heteroatoms.